The van der Waals surface area contributed by atoms with E-state index < -0.39 is 6.29 Å². The fourth-order valence-electron chi connectivity index (χ4n) is 4.23. The van der Waals surface area contributed by atoms with Gasteiger partial charge in [0.2, 0.25) is 0 Å². The number of hydrogen-bond acceptors (Lipinski definition) is 6. The summed E-state index contributed by atoms with van der Waals surface area (Å²) >= 11 is 0. The van der Waals surface area contributed by atoms with E-state index in [0.717, 1.165) is 24.1 Å². The summed E-state index contributed by atoms with van der Waals surface area (Å²) in [6.45, 7) is 3.16. The molecule has 34 heavy (non-hydrogen) atoms. The van der Waals surface area contributed by atoms with Gasteiger partial charge in [-0.3, -0.25) is 4.79 Å². The third kappa shape index (κ3) is 6.51. The van der Waals surface area contributed by atoms with Gasteiger partial charge in [0.1, 0.15) is 11.7 Å². The van der Waals surface area contributed by atoms with Crippen LogP contribution in [0.1, 0.15) is 59.8 Å². The van der Waals surface area contributed by atoms with Gasteiger partial charge in [-0.05, 0) is 36.8 Å². The number of benzene rings is 1. The number of carbonyl (C=O) groups excluding carboxylic acids is 1. The third-order valence-corrected chi connectivity index (χ3v) is 6.03. The number of hydrogen-bond donors (Lipinski definition) is 1. The van der Waals surface area contributed by atoms with Crippen LogP contribution >= 0.6 is 0 Å². The molecular formula is C27H33N3O4. The predicted octanol–water partition coefficient (Wildman–Crippen LogP) is 4.55. The lowest BCUT2D eigenvalue weighted by Gasteiger charge is -2.15. The molecule has 0 radical (unpaired) electrons. The molecule has 2 atom stereocenters. The van der Waals surface area contributed by atoms with Gasteiger partial charge in [-0.15, -0.1) is 0 Å². The Balaban J connectivity index is 1.72. The van der Waals surface area contributed by atoms with E-state index in [1.165, 1.54) is 13.3 Å². The van der Waals surface area contributed by atoms with E-state index in [9.17, 15) is 15.2 Å². The second-order valence-electron chi connectivity index (χ2n) is 8.74. The van der Waals surface area contributed by atoms with Crippen LogP contribution in [0.4, 0.5) is 0 Å². The Bertz CT molecular complexity index is 1130. The maximum absolute atomic E-state index is 13.4. The predicted molar refractivity (Wildman–Crippen MR) is 130 cm³/mol. The Kier molecular flexibility index (Phi) is 9.34. The number of aryl methyl sites for hydroxylation is 1. The van der Waals surface area contributed by atoms with Gasteiger partial charge >= 0.3 is 0 Å². The number of nitriles is 1. The van der Waals surface area contributed by atoms with Crippen LogP contribution in [-0.4, -0.2) is 40.4 Å². The van der Waals surface area contributed by atoms with E-state index in [1.54, 1.807) is 6.07 Å². The molecule has 0 aliphatic carbocycles. The molecule has 1 N–H and O–H groups in total. The van der Waals surface area contributed by atoms with Crippen molar-refractivity contribution in [1.82, 2.24) is 9.55 Å². The van der Waals surface area contributed by atoms with Gasteiger partial charge in [-0.2, -0.15) is 5.26 Å². The number of ketones is 1. The van der Waals surface area contributed by atoms with Crippen LogP contribution in [0, 0.1) is 17.2 Å². The highest BCUT2D eigenvalue weighted by molar-refractivity contribution is 6.09. The van der Waals surface area contributed by atoms with Crippen LogP contribution in [0.2, 0.25) is 0 Å². The fraction of sp³-hybridized carbons (Fsp3) is 0.444. The molecule has 2 unspecified atom stereocenters. The number of rotatable bonds is 13. The summed E-state index contributed by atoms with van der Waals surface area (Å²) in [6, 6.07) is 13.9. The van der Waals surface area contributed by atoms with E-state index in [0.29, 0.717) is 48.2 Å². The average molecular weight is 464 g/mol. The molecule has 7 nitrogen and oxygen atoms in total. The number of pyridine rings is 1. The molecule has 2 heterocycles. The first-order valence-corrected chi connectivity index (χ1v) is 11.7. The van der Waals surface area contributed by atoms with Crippen molar-refractivity contribution < 1.29 is 19.4 Å². The molecule has 0 aliphatic heterocycles. The molecule has 0 saturated carbocycles. The normalized spacial score (nSPS) is 13.0. The Morgan fingerprint density at radius 2 is 2.03 bits per heavy atom. The zero-order valence-corrected chi connectivity index (χ0v) is 20.2. The zero-order valence-electron chi connectivity index (χ0n) is 20.2. The highest BCUT2D eigenvalue weighted by Gasteiger charge is 2.24. The van der Waals surface area contributed by atoms with Crippen LogP contribution < -0.4 is 0 Å². The van der Waals surface area contributed by atoms with Gasteiger partial charge in [0.15, 0.2) is 12.1 Å². The fourth-order valence-corrected chi connectivity index (χ4v) is 4.23. The Labute approximate surface area is 200 Å². The molecule has 3 aromatic rings. The number of aliphatic hydroxyl groups is 1. The van der Waals surface area contributed by atoms with Crippen molar-refractivity contribution in [2.75, 3.05) is 13.7 Å². The van der Waals surface area contributed by atoms with E-state index in [-0.39, 0.29) is 18.1 Å². The summed E-state index contributed by atoms with van der Waals surface area (Å²) in [5.41, 5.74) is 3.82. The van der Waals surface area contributed by atoms with Gasteiger partial charge in [0.05, 0.1) is 12.2 Å². The molecule has 0 bridgehead atoms. The summed E-state index contributed by atoms with van der Waals surface area (Å²) in [5.74, 6) is -0.0577. The quantitative estimate of drug-likeness (QED) is 0.227. The summed E-state index contributed by atoms with van der Waals surface area (Å²) in [4.78, 5) is 17.8. The maximum Gasteiger partial charge on any atom is 0.165 e. The molecule has 0 amide bonds. The maximum atomic E-state index is 13.4. The second kappa shape index (κ2) is 12.4. The molecule has 2 aromatic heterocycles. The van der Waals surface area contributed by atoms with Crippen LogP contribution in [0.5, 0.6) is 0 Å². The molecule has 0 fully saturated rings. The molecule has 3 rings (SSSR count). The van der Waals surface area contributed by atoms with E-state index >= 15 is 0 Å². The highest BCUT2D eigenvalue weighted by atomic mass is 16.6. The number of Topliss-reactive ketones (excluding diaryl/α,β-unsaturated/α-hetero) is 1. The van der Waals surface area contributed by atoms with E-state index in [2.05, 4.69) is 11.1 Å². The Morgan fingerprint density at radius 1 is 1.26 bits per heavy atom. The van der Waals surface area contributed by atoms with Crippen LogP contribution in [0.3, 0.4) is 0 Å². The number of nitrogens with zero attached hydrogens (tertiary/aromatic N) is 3. The minimum atomic E-state index is -0.891. The van der Waals surface area contributed by atoms with Crippen molar-refractivity contribution in [3.63, 3.8) is 0 Å². The first-order chi connectivity index (χ1) is 16.4. The minimum Gasteiger partial charge on any atom is -0.377 e. The van der Waals surface area contributed by atoms with Crippen molar-refractivity contribution in [3.8, 4) is 6.07 Å². The smallest absolute Gasteiger partial charge is 0.165 e. The molecule has 1 aromatic carbocycles. The monoisotopic (exact) mass is 463 g/mol. The number of fused-ring (bicyclic) bond motifs is 1. The molecule has 0 spiro atoms. The number of unbranched alkanes of at least 4 members (excludes halogenated alkanes) is 1. The van der Waals surface area contributed by atoms with Crippen LogP contribution in [-0.2, 0) is 29.5 Å². The molecular weight excluding hydrogens is 430 g/mol. The number of carbonyl (C=O) groups is 1. The van der Waals surface area contributed by atoms with Gasteiger partial charge in [-0.1, -0.05) is 37.3 Å². The van der Waals surface area contributed by atoms with Gasteiger partial charge in [-0.25, -0.2) is 4.98 Å². The first-order valence-electron chi connectivity index (χ1n) is 11.7. The van der Waals surface area contributed by atoms with Crippen molar-refractivity contribution in [3.05, 3.63) is 65.0 Å². The zero-order chi connectivity index (χ0) is 24.5. The first kappa shape index (κ1) is 25.6. The summed E-state index contributed by atoms with van der Waals surface area (Å²) in [6.07, 6.45) is 3.75. The lowest BCUT2D eigenvalue weighted by atomic mass is 9.94. The average Bonchev–Trinajstić information content (AvgIpc) is 3.12. The Morgan fingerprint density at radius 3 is 2.74 bits per heavy atom. The molecule has 0 saturated heterocycles. The van der Waals surface area contributed by atoms with Gasteiger partial charge in [0.25, 0.3) is 0 Å². The number of aliphatic hydroxyl groups excluding tert-OH is 1. The van der Waals surface area contributed by atoms with E-state index in [4.69, 9.17) is 9.47 Å². The SMILES string of the molecule is COC(O)CC(C)CC(=O)c1c(CCCCOCc2ccccc2)n(C)c2ncc(C#N)cc12. The lowest BCUT2D eigenvalue weighted by Crippen LogP contribution is -2.17. The minimum absolute atomic E-state index is 0.00591. The standard InChI is InChI=1S/C27H33N3O4/c1-19(14-25(32)33-3)13-24(31)26-22-15-21(16-28)17-29-27(22)30(2)23(26)11-7-8-12-34-18-20-9-5-4-6-10-20/h4-6,9-10,15,17,19,25,32H,7-8,11-14,18H2,1-3H3. The highest BCUT2D eigenvalue weighted by Crippen LogP contribution is 2.29. The van der Waals surface area contributed by atoms with Gasteiger partial charge < -0.3 is 19.1 Å². The van der Waals surface area contributed by atoms with Gasteiger partial charge in [0, 0.05) is 56.4 Å². The summed E-state index contributed by atoms with van der Waals surface area (Å²) in [7, 11) is 3.36. The van der Waals surface area contributed by atoms with Crippen LogP contribution in [0.25, 0.3) is 11.0 Å². The van der Waals surface area contributed by atoms with Crippen molar-refractivity contribution >= 4 is 16.8 Å². The molecule has 180 valence electrons. The molecule has 0 aliphatic rings. The topological polar surface area (TPSA) is 97.4 Å². The van der Waals surface area contributed by atoms with Crippen molar-refractivity contribution in [1.29, 1.82) is 5.26 Å². The summed E-state index contributed by atoms with van der Waals surface area (Å²) in [5, 5.41) is 19.8. The van der Waals surface area contributed by atoms with Crippen molar-refractivity contribution in [2.24, 2.45) is 13.0 Å². The summed E-state index contributed by atoms with van der Waals surface area (Å²) < 4.78 is 12.7. The van der Waals surface area contributed by atoms with Crippen LogP contribution in [0.15, 0.2) is 42.6 Å². The Hall–Kier alpha value is -3.05. The number of aromatic nitrogens is 2. The number of ether oxygens (including phenoxy) is 2. The van der Waals surface area contributed by atoms with E-state index in [1.807, 2.05) is 48.9 Å². The van der Waals surface area contributed by atoms with Crippen molar-refractivity contribution in [2.45, 2.75) is 51.9 Å². The molecule has 7 heteroatoms. The second-order valence-corrected chi connectivity index (χ2v) is 8.74. The largest absolute Gasteiger partial charge is 0.377 e. The third-order valence-electron chi connectivity index (χ3n) is 6.03. The number of methoxy groups -OCH3 is 1. The lowest BCUT2D eigenvalue weighted by molar-refractivity contribution is -0.0858.